The van der Waals surface area contributed by atoms with Crippen LogP contribution in [0.5, 0.6) is 0 Å². The smallest absolute Gasteiger partial charge is 0.0748 e. The van der Waals surface area contributed by atoms with E-state index in [0.29, 0.717) is 0 Å². The Morgan fingerprint density at radius 3 is 2.50 bits per heavy atom. The third-order valence-electron chi connectivity index (χ3n) is 3.28. The molecule has 0 spiro atoms. The van der Waals surface area contributed by atoms with Gasteiger partial charge in [-0.25, -0.2) is 0 Å². The number of benzene rings is 1. The minimum atomic E-state index is 0.211. The molecule has 0 aliphatic rings. The largest absolute Gasteiger partial charge is 0.305 e. The summed E-state index contributed by atoms with van der Waals surface area (Å²) in [5, 5.41) is 7.94. The van der Waals surface area contributed by atoms with Gasteiger partial charge in [-0.05, 0) is 43.0 Å². The summed E-state index contributed by atoms with van der Waals surface area (Å²) in [6.45, 7) is 8.28. The molecular formula is C16H23N3S. The van der Waals surface area contributed by atoms with Crippen molar-refractivity contribution in [3.8, 4) is 0 Å². The fraction of sp³-hybridized carbons (Fsp3) is 0.438. The van der Waals surface area contributed by atoms with Crippen molar-refractivity contribution in [2.45, 2.75) is 38.3 Å². The standard InChI is InChI=1S/C16H23N3S/c1-4-17-16(15-11-12-18-19(15)5-2)13-7-9-14(10-8-13)20-6-3/h7-12,16-17H,4-6H2,1-3H3. The van der Waals surface area contributed by atoms with Crippen molar-refractivity contribution < 1.29 is 0 Å². The van der Waals surface area contributed by atoms with Crippen LogP contribution in [0, 0.1) is 0 Å². The lowest BCUT2D eigenvalue weighted by Crippen LogP contribution is -2.24. The van der Waals surface area contributed by atoms with Crippen LogP contribution < -0.4 is 5.32 Å². The highest BCUT2D eigenvalue weighted by atomic mass is 32.2. The summed E-state index contributed by atoms with van der Waals surface area (Å²) in [4.78, 5) is 1.33. The number of thioether (sulfide) groups is 1. The Kier molecular flexibility index (Phi) is 5.68. The van der Waals surface area contributed by atoms with E-state index in [-0.39, 0.29) is 6.04 Å². The second-order valence-corrected chi connectivity index (χ2v) is 5.90. The van der Waals surface area contributed by atoms with Crippen molar-refractivity contribution in [2.24, 2.45) is 0 Å². The van der Waals surface area contributed by atoms with Gasteiger partial charge in [0, 0.05) is 17.6 Å². The molecule has 0 saturated heterocycles. The molecule has 20 heavy (non-hydrogen) atoms. The highest BCUT2D eigenvalue weighted by molar-refractivity contribution is 7.99. The molecular weight excluding hydrogens is 266 g/mol. The third kappa shape index (κ3) is 3.44. The Hall–Kier alpha value is -1.26. The van der Waals surface area contributed by atoms with E-state index in [1.54, 1.807) is 0 Å². The Morgan fingerprint density at radius 1 is 1.15 bits per heavy atom. The molecule has 1 aromatic heterocycles. The summed E-state index contributed by atoms with van der Waals surface area (Å²) in [6.07, 6.45) is 1.88. The Morgan fingerprint density at radius 2 is 1.90 bits per heavy atom. The number of aromatic nitrogens is 2. The predicted octanol–water partition coefficient (Wildman–Crippen LogP) is 3.71. The quantitative estimate of drug-likeness (QED) is 0.788. The molecule has 0 aliphatic heterocycles. The Balaban J connectivity index is 2.28. The maximum Gasteiger partial charge on any atom is 0.0748 e. The summed E-state index contributed by atoms with van der Waals surface area (Å²) in [5.41, 5.74) is 2.52. The second kappa shape index (κ2) is 7.50. The van der Waals surface area contributed by atoms with E-state index >= 15 is 0 Å². The van der Waals surface area contributed by atoms with E-state index < -0.39 is 0 Å². The van der Waals surface area contributed by atoms with Gasteiger partial charge in [0.25, 0.3) is 0 Å². The van der Waals surface area contributed by atoms with Crippen molar-refractivity contribution >= 4 is 11.8 Å². The minimum absolute atomic E-state index is 0.211. The van der Waals surface area contributed by atoms with Crippen LogP contribution in [0.2, 0.25) is 0 Å². The van der Waals surface area contributed by atoms with Gasteiger partial charge in [-0.3, -0.25) is 4.68 Å². The lowest BCUT2D eigenvalue weighted by Gasteiger charge is -2.20. The monoisotopic (exact) mass is 289 g/mol. The molecule has 0 amide bonds. The van der Waals surface area contributed by atoms with Crippen molar-refractivity contribution in [1.29, 1.82) is 0 Å². The number of nitrogens with zero attached hydrogens (tertiary/aromatic N) is 2. The lowest BCUT2D eigenvalue weighted by molar-refractivity contribution is 0.542. The first-order valence-electron chi connectivity index (χ1n) is 7.28. The maximum absolute atomic E-state index is 4.38. The third-order valence-corrected chi connectivity index (χ3v) is 4.17. The number of hydrogen-bond donors (Lipinski definition) is 1. The molecule has 1 heterocycles. The molecule has 0 fully saturated rings. The van der Waals surface area contributed by atoms with E-state index in [1.807, 2.05) is 18.0 Å². The van der Waals surface area contributed by atoms with Crippen molar-refractivity contribution in [3.63, 3.8) is 0 Å². The van der Waals surface area contributed by atoms with Crippen LogP contribution >= 0.6 is 11.8 Å². The summed E-state index contributed by atoms with van der Waals surface area (Å²) in [6, 6.07) is 11.2. The molecule has 2 rings (SSSR count). The van der Waals surface area contributed by atoms with E-state index in [9.17, 15) is 0 Å². The number of rotatable bonds is 7. The lowest BCUT2D eigenvalue weighted by atomic mass is 10.0. The van der Waals surface area contributed by atoms with Gasteiger partial charge >= 0.3 is 0 Å². The van der Waals surface area contributed by atoms with Gasteiger partial charge in [-0.15, -0.1) is 11.8 Å². The SMILES string of the molecule is CCNC(c1ccc(SCC)cc1)c1ccnn1CC. The van der Waals surface area contributed by atoms with Gasteiger partial charge in [-0.2, -0.15) is 5.10 Å². The van der Waals surface area contributed by atoms with Gasteiger partial charge in [0.15, 0.2) is 0 Å². The second-order valence-electron chi connectivity index (χ2n) is 4.56. The average Bonchev–Trinajstić information content (AvgIpc) is 2.94. The molecule has 0 bridgehead atoms. The first-order valence-corrected chi connectivity index (χ1v) is 8.26. The van der Waals surface area contributed by atoms with E-state index in [1.165, 1.54) is 16.2 Å². The molecule has 2 aromatic rings. The van der Waals surface area contributed by atoms with Gasteiger partial charge in [0.2, 0.25) is 0 Å². The Labute approximate surface area is 125 Å². The number of hydrogen-bond acceptors (Lipinski definition) is 3. The summed E-state index contributed by atoms with van der Waals surface area (Å²) < 4.78 is 2.06. The molecule has 0 aliphatic carbocycles. The van der Waals surface area contributed by atoms with Crippen LogP contribution in [-0.4, -0.2) is 22.1 Å². The zero-order valence-electron chi connectivity index (χ0n) is 12.5. The summed E-state index contributed by atoms with van der Waals surface area (Å²) in [7, 11) is 0. The van der Waals surface area contributed by atoms with Crippen molar-refractivity contribution in [3.05, 3.63) is 47.8 Å². The maximum atomic E-state index is 4.38. The Bertz CT molecular complexity index is 519. The van der Waals surface area contributed by atoms with Crippen LogP contribution in [0.1, 0.15) is 38.1 Å². The van der Waals surface area contributed by atoms with Crippen molar-refractivity contribution in [2.75, 3.05) is 12.3 Å². The zero-order chi connectivity index (χ0) is 14.4. The van der Waals surface area contributed by atoms with Gasteiger partial charge in [0.1, 0.15) is 0 Å². The molecule has 1 N–H and O–H groups in total. The molecule has 4 heteroatoms. The summed E-state index contributed by atoms with van der Waals surface area (Å²) >= 11 is 1.88. The summed E-state index contributed by atoms with van der Waals surface area (Å²) in [5.74, 6) is 1.11. The first kappa shape index (κ1) is 15.1. The average molecular weight is 289 g/mol. The number of aryl methyl sites for hydroxylation is 1. The van der Waals surface area contributed by atoms with E-state index in [4.69, 9.17) is 0 Å². The van der Waals surface area contributed by atoms with E-state index in [2.05, 4.69) is 66.2 Å². The highest BCUT2D eigenvalue weighted by Gasteiger charge is 2.16. The van der Waals surface area contributed by atoms with Crippen LogP contribution in [0.15, 0.2) is 41.4 Å². The zero-order valence-corrected chi connectivity index (χ0v) is 13.3. The van der Waals surface area contributed by atoms with Crippen LogP contribution in [-0.2, 0) is 6.54 Å². The van der Waals surface area contributed by atoms with E-state index in [0.717, 1.165) is 18.8 Å². The van der Waals surface area contributed by atoms with Crippen LogP contribution in [0.3, 0.4) is 0 Å². The fourth-order valence-electron chi connectivity index (χ4n) is 2.37. The molecule has 1 aromatic carbocycles. The molecule has 1 atom stereocenters. The molecule has 1 unspecified atom stereocenters. The first-order chi connectivity index (χ1) is 9.80. The molecule has 0 radical (unpaired) electrons. The van der Waals surface area contributed by atoms with Gasteiger partial charge in [0.05, 0.1) is 11.7 Å². The normalized spacial score (nSPS) is 12.6. The molecule has 0 saturated carbocycles. The van der Waals surface area contributed by atoms with Crippen molar-refractivity contribution in [1.82, 2.24) is 15.1 Å². The fourth-order valence-corrected chi connectivity index (χ4v) is 3.03. The molecule has 108 valence electrons. The highest BCUT2D eigenvalue weighted by Crippen LogP contribution is 2.25. The van der Waals surface area contributed by atoms with Crippen LogP contribution in [0.4, 0.5) is 0 Å². The predicted molar refractivity (Wildman–Crippen MR) is 86.3 cm³/mol. The van der Waals surface area contributed by atoms with Gasteiger partial charge in [-0.1, -0.05) is 26.0 Å². The van der Waals surface area contributed by atoms with Crippen LogP contribution in [0.25, 0.3) is 0 Å². The molecule has 3 nitrogen and oxygen atoms in total. The minimum Gasteiger partial charge on any atom is -0.305 e. The van der Waals surface area contributed by atoms with Gasteiger partial charge < -0.3 is 5.32 Å². The number of nitrogens with one attached hydrogen (secondary N) is 1. The topological polar surface area (TPSA) is 29.9 Å².